The fourth-order valence-electron chi connectivity index (χ4n) is 2.44. The molecule has 1 unspecified atom stereocenters. The Bertz CT molecular complexity index is 395. The summed E-state index contributed by atoms with van der Waals surface area (Å²) >= 11 is 0. The molecular weight excluding hydrogens is 228 g/mol. The molecule has 1 heterocycles. The van der Waals surface area contributed by atoms with Crippen molar-refractivity contribution in [3.05, 3.63) is 23.8 Å². The van der Waals surface area contributed by atoms with Crippen molar-refractivity contribution in [2.24, 2.45) is 0 Å². The summed E-state index contributed by atoms with van der Waals surface area (Å²) in [7, 11) is 5.52. The van der Waals surface area contributed by atoms with E-state index < -0.39 is 0 Å². The first-order valence-corrected chi connectivity index (χ1v) is 6.39. The third kappa shape index (κ3) is 2.76. The Kier molecular flexibility index (Phi) is 4.44. The predicted octanol–water partition coefficient (Wildman–Crippen LogP) is 1.67. The second-order valence-corrected chi connectivity index (χ2v) is 4.67. The van der Waals surface area contributed by atoms with Gasteiger partial charge in [-0.25, -0.2) is 0 Å². The Hall–Kier alpha value is -1.26. The normalized spacial score (nSPS) is 21.4. The van der Waals surface area contributed by atoms with E-state index in [0.29, 0.717) is 6.04 Å². The highest BCUT2D eigenvalue weighted by Crippen LogP contribution is 2.31. The molecule has 2 rings (SSSR count). The summed E-state index contributed by atoms with van der Waals surface area (Å²) in [5.74, 6) is 1.58. The average molecular weight is 250 g/mol. The summed E-state index contributed by atoms with van der Waals surface area (Å²) in [6.45, 7) is 3.19. The van der Waals surface area contributed by atoms with Gasteiger partial charge in [0.05, 0.1) is 14.2 Å². The molecule has 1 N–H and O–H groups in total. The van der Waals surface area contributed by atoms with Crippen LogP contribution in [0, 0.1) is 0 Å². The maximum absolute atomic E-state index is 5.37. The molecule has 4 heteroatoms. The van der Waals surface area contributed by atoms with Crippen LogP contribution >= 0.6 is 0 Å². The number of nitrogens with one attached hydrogen (secondary N) is 1. The van der Waals surface area contributed by atoms with Crippen molar-refractivity contribution in [2.75, 3.05) is 40.9 Å². The van der Waals surface area contributed by atoms with Gasteiger partial charge in [-0.1, -0.05) is 6.07 Å². The Morgan fingerprint density at radius 2 is 2.00 bits per heavy atom. The monoisotopic (exact) mass is 250 g/mol. The van der Waals surface area contributed by atoms with Crippen LogP contribution in [-0.4, -0.2) is 45.8 Å². The van der Waals surface area contributed by atoms with E-state index in [2.05, 4.69) is 29.4 Å². The highest BCUT2D eigenvalue weighted by atomic mass is 16.5. The lowest BCUT2D eigenvalue weighted by Crippen LogP contribution is -2.29. The predicted molar refractivity (Wildman–Crippen MR) is 72.4 cm³/mol. The van der Waals surface area contributed by atoms with Gasteiger partial charge in [0, 0.05) is 12.6 Å². The summed E-state index contributed by atoms with van der Waals surface area (Å²) in [6, 6.07) is 6.57. The topological polar surface area (TPSA) is 33.7 Å². The second-order valence-electron chi connectivity index (χ2n) is 4.67. The van der Waals surface area contributed by atoms with Crippen molar-refractivity contribution in [3.8, 4) is 11.5 Å². The standard InChI is InChI=1S/C14H22N2O2/c1-16-8-4-7-15-10-12(16)11-5-6-13(17-2)14(9-11)18-3/h5-6,9,12,15H,4,7-8,10H2,1-3H3. The van der Waals surface area contributed by atoms with Crippen LogP contribution in [-0.2, 0) is 0 Å². The summed E-state index contributed by atoms with van der Waals surface area (Å²) < 4.78 is 10.6. The number of rotatable bonds is 3. The molecule has 1 aliphatic rings. The number of likely N-dealkylation sites (N-methyl/N-ethyl adjacent to an activating group) is 1. The smallest absolute Gasteiger partial charge is 0.161 e. The van der Waals surface area contributed by atoms with Crippen LogP contribution in [0.15, 0.2) is 18.2 Å². The second kappa shape index (κ2) is 6.07. The third-order valence-corrected chi connectivity index (χ3v) is 3.53. The van der Waals surface area contributed by atoms with Crippen LogP contribution < -0.4 is 14.8 Å². The van der Waals surface area contributed by atoms with Crippen LogP contribution in [0.5, 0.6) is 11.5 Å². The van der Waals surface area contributed by atoms with E-state index >= 15 is 0 Å². The zero-order chi connectivity index (χ0) is 13.0. The van der Waals surface area contributed by atoms with Crippen LogP contribution in [0.2, 0.25) is 0 Å². The van der Waals surface area contributed by atoms with Gasteiger partial charge in [0.15, 0.2) is 11.5 Å². The van der Waals surface area contributed by atoms with Gasteiger partial charge in [-0.05, 0) is 44.3 Å². The van der Waals surface area contributed by atoms with Gasteiger partial charge < -0.3 is 14.8 Å². The lowest BCUT2D eigenvalue weighted by molar-refractivity contribution is 0.260. The molecule has 18 heavy (non-hydrogen) atoms. The molecule has 1 aromatic rings. The lowest BCUT2D eigenvalue weighted by atomic mass is 10.0. The molecule has 0 saturated carbocycles. The molecule has 0 radical (unpaired) electrons. The van der Waals surface area contributed by atoms with Crippen LogP contribution in [0.25, 0.3) is 0 Å². The lowest BCUT2D eigenvalue weighted by Gasteiger charge is -2.26. The van der Waals surface area contributed by atoms with E-state index in [-0.39, 0.29) is 0 Å². The number of hydrogen-bond donors (Lipinski definition) is 1. The maximum atomic E-state index is 5.37. The maximum Gasteiger partial charge on any atom is 0.161 e. The Balaban J connectivity index is 2.26. The summed E-state index contributed by atoms with van der Waals surface area (Å²) in [4.78, 5) is 2.39. The molecule has 0 aromatic heterocycles. The molecular formula is C14H22N2O2. The first kappa shape index (κ1) is 13.2. The van der Waals surface area contributed by atoms with E-state index in [1.54, 1.807) is 14.2 Å². The highest BCUT2D eigenvalue weighted by molar-refractivity contribution is 5.43. The Morgan fingerprint density at radius 1 is 1.22 bits per heavy atom. The first-order chi connectivity index (χ1) is 8.76. The van der Waals surface area contributed by atoms with Gasteiger partial charge >= 0.3 is 0 Å². The zero-order valence-electron chi connectivity index (χ0n) is 11.4. The van der Waals surface area contributed by atoms with Crippen LogP contribution in [0.4, 0.5) is 0 Å². The van der Waals surface area contributed by atoms with Gasteiger partial charge in [-0.15, -0.1) is 0 Å². The summed E-state index contributed by atoms with van der Waals surface area (Å²) in [5, 5.41) is 3.48. The van der Waals surface area contributed by atoms with Gasteiger partial charge in [0.25, 0.3) is 0 Å². The molecule has 0 spiro atoms. The molecule has 0 bridgehead atoms. The van der Waals surface area contributed by atoms with E-state index in [0.717, 1.165) is 31.1 Å². The van der Waals surface area contributed by atoms with Crippen LogP contribution in [0.1, 0.15) is 18.0 Å². The summed E-state index contributed by atoms with van der Waals surface area (Å²) in [6.07, 6.45) is 1.19. The highest BCUT2D eigenvalue weighted by Gasteiger charge is 2.20. The minimum Gasteiger partial charge on any atom is -0.493 e. The van der Waals surface area contributed by atoms with E-state index in [1.807, 2.05) is 6.07 Å². The SMILES string of the molecule is COc1ccc(C2CNCCCN2C)cc1OC. The number of benzene rings is 1. The zero-order valence-corrected chi connectivity index (χ0v) is 11.4. The molecule has 1 saturated heterocycles. The van der Waals surface area contributed by atoms with Gasteiger partial charge in [-0.2, -0.15) is 0 Å². The largest absolute Gasteiger partial charge is 0.493 e. The van der Waals surface area contributed by atoms with Gasteiger partial charge in [0.2, 0.25) is 0 Å². The molecule has 1 fully saturated rings. The molecule has 0 amide bonds. The fourth-order valence-corrected chi connectivity index (χ4v) is 2.44. The molecule has 100 valence electrons. The minimum absolute atomic E-state index is 0.396. The number of ether oxygens (including phenoxy) is 2. The molecule has 4 nitrogen and oxygen atoms in total. The molecule has 1 atom stereocenters. The number of methoxy groups -OCH3 is 2. The van der Waals surface area contributed by atoms with Gasteiger partial charge in [-0.3, -0.25) is 4.90 Å². The van der Waals surface area contributed by atoms with E-state index in [1.165, 1.54) is 12.0 Å². The van der Waals surface area contributed by atoms with Crippen molar-refractivity contribution in [1.29, 1.82) is 0 Å². The van der Waals surface area contributed by atoms with Crippen molar-refractivity contribution >= 4 is 0 Å². The number of nitrogens with zero attached hydrogens (tertiary/aromatic N) is 1. The summed E-state index contributed by atoms with van der Waals surface area (Å²) in [5.41, 5.74) is 1.27. The van der Waals surface area contributed by atoms with Crippen molar-refractivity contribution in [3.63, 3.8) is 0 Å². The van der Waals surface area contributed by atoms with Gasteiger partial charge in [0.1, 0.15) is 0 Å². The van der Waals surface area contributed by atoms with E-state index in [4.69, 9.17) is 9.47 Å². The Labute approximate surface area is 109 Å². The number of hydrogen-bond acceptors (Lipinski definition) is 4. The van der Waals surface area contributed by atoms with Crippen molar-refractivity contribution in [2.45, 2.75) is 12.5 Å². The molecule has 1 aliphatic heterocycles. The third-order valence-electron chi connectivity index (χ3n) is 3.53. The van der Waals surface area contributed by atoms with Crippen LogP contribution in [0.3, 0.4) is 0 Å². The first-order valence-electron chi connectivity index (χ1n) is 6.39. The average Bonchev–Trinajstić information content (AvgIpc) is 2.62. The Morgan fingerprint density at radius 3 is 2.72 bits per heavy atom. The molecule has 0 aliphatic carbocycles. The molecule has 1 aromatic carbocycles. The van der Waals surface area contributed by atoms with E-state index in [9.17, 15) is 0 Å². The van der Waals surface area contributed by atoms with Crippen molar-refractivity contribution in [1.82, 2.24) is 10.2 Å². The quantitative estimate of drug-likeness (QED) is 0.885. The van der Waals surface area contributed by atoms with Crippen molar-refractivity contribution < 1.29 is 9.47 Å². The fraction of sp³-hybridized carbons (Fsp3) is 0.571. The minimum atomic E-state index is 0.396.